The maximum absolute atomic E-state index is 5.52. The second-order valence-electron chi connectivity index (χ2n) is 4.86. The number of terminal acetylenes is 1. The molecule has 1 aliphatic carbocycles. The Morgan fingerprint density at radius 2 is 2.00 bits per heavy atom. The lowest BCUT2D eigenvalue weighted by Crippen LogP contribution is -2.34. The smallest absolute Gasteiger partial charge is 0.0713 e. The lowest BCUT2D eigenvalue weighted by Gasteiger charge is -2.31. The maximum Gasteiger partial charge on any atom is 0.0713 e. The van der Waals surface area contributed by atoms with Crippen molar-refractivity contribution in [2.45, 2.75) is 57.9 Å². The van der Waals surface area contributed by atoms with Gasteiger partial charge in [-0.25, -0.2) is 0 Å². The molecule has 0 saturated heterocycles. The zero-order valence-corrected chi connectivity index (χ0v) is 10.3. The molecule has 1 N–H and O–H groups in total. The highest BCUT2D eigenvalue weighted by atomic mass is 14.9. The number of hydrogen-bond donors (Lipinski definition) is 1. The van der Waals surface area contributed by atoms with E-state index in [1.807, 2.05) is 7.05 Å². The predicted octanol–water partition coefficient (Wildman–Crippen LogP) is 3.20. The van der Waals surface area contributed by atoms with Crippen LogP contribution in [0.5, 0.6) is 0 Å². The van der Waals surface area contributed by atoms with Gasteiger partial charge in [-0.15, -0.1) is 6.42 Å². The first-order chi connectivity index (χ1) is 7.31. The largest absolute Gasteiger partial charge is 0.307 e. The van der Waals surface area contributed by atoms with Crippen LogP contribution in [0.3, 0.4) is 0 Å². The molecule has 1 saturated carbocycles. The minimum atomic E-state index is 0.303. The molecule has 0 amide bonds. The van der Waals surface area contributed by atoms with E-state index >= 15 is 0 Å². The molecule has 0 heterocycles. The first-order valence-corrected chi connectivity index (χ1v) is 6.45. The van der Waals surface area contributed by atoms with Gasteiger partial charge in [0.2, 0.25) is 0 Å². The summed E-state index contributed by atoms with van der Waals surface area (Å²) in [6.07, 6.45) is 15.1. The fraction of sp³-hybridized carbons (Fsp3) is 0.857. The summed E-state index contributed by atoms with van der Waals surface area (Å²) in [5.41, 5.74) is 0. The van der Waals surface area contributed by atoms with Gasteiger partial charge in [0.25, 0.3) is 0 Å². The summed E-state index contributed by atoms with van der Waals surface area (Å²) >= 11 is 0. The molecule has 1 rings (SSSR count). The second kappa shape index (κ2) is 6.90. The molecular weight excluding hydrogens is 182 g/mol. The quantitative estimate of drug-likeness (QED) is 0.683. The molecular formula is C14H25N. The summed E-state index contributed by atoms with van der Waals surface area (Å²) in [6, 6.07) is 0.303. The van der Waals surface area contributed by atoms with Gasteiger partial charge >= 0.3 is 0 Å². The lowest BCUT2D eigenvalue weighted by molar-refractivity contribution is 0.238. The molecule has 0 spiro atoms. The first kappa shape index (κ1) is 12.6. The van der Waals surface area contributed by atoms with Gasteiger partial charge in [-0.3, -0.25) is 0 Å². The molecule has 0 aromatic carbocycles. The Morgan fingerprint density at radius 3 is 2.47 bits per heavy atom. The predicted molar refractivity (Wildman–Crippen MR) is 66.7 cm³/mol. The van der Waals surface area contributed by atoms with E-state index in [4.69, 9.17) is 6.42 Å². The summed E-state index contributed by atoms with van der Waals surface area (Å²) in [5, 5.41) is 3.24. The molecule has 1 nitrogen and oxygen atoms in total. The molecule has 1 heteroatoms. The van der Waals surface area contributed by atoms with Crippen molar-refractivity contribution in [2.75, 3.05) is 7.05 Å². The van der Waals surface area contributed by atoms with Crippen molar-refractivity contribution >= 4 is 0 Å². The summed E-state index contributed by atoms with van der Waals surface area (Å²) in [6.45, 7) is 2.28. The van der Waals surface area contributed by atoms with E-state index in [0.29, 0.717) is 6.04 Å². The molecule has 0 radical (unpaired) electrons. The topological polar surface area (TPSA) is 12.0 Å². The van der Waals surface area contributed by atoms with Crippen LogP contribution in [-0.2, 0) is 0 Å². The fourth-order valence-corrected chi connectivity index (χ4v) is 2.76. The van der Waals surface area contributed by atoms with Crippen molar-refractivity contribution < 1.29 is 0 Å². The van der Waals surface area contributed by atoms with Crippen molar-refractivity contribution in [2.24, 2.45) is 11.8 Å². The Kier molecular flexibility index (Phi) is 5.79. The third kappa shape index (κ3) is 3.87. The molecule has 1 unspecified atom stereocenters. The molecule has 1 atom stereocenters. The third-order valence-corrected chi connectivity index (χ3v) is 3.82. The minimum absolute atomic E-state index is 0.303. The highest BCUT2D eigenvalue weighted by Crippen LogP contribution is 2.33. The number of rotatable bonds is 5. The van der Waals surface area contributed by atoms with E-state index < -0.39 is 0 Å². The van der Waals surface area contributed by atoms with Crippen LogP contribution in [0.4, 0.5) is 0 Å². The number of hydrogen-bond acceptors (Lipinski definition) is 1. The zero-order chi connectivity index (χ0) is 11.1. The minimum Gasteiger partial charge on any atom is -0.307 e. The van der Waals surface area contributed by atoms with Crippen LogP contribution in [0.15, 0.2) is 0 Å². The van der Waals surface area contributed by atoms with E-state index in [9.17, 15) is 0 Å². The average molecular weight is 207 g/mol. The molecule has 1 aliphatic rings. The van der Waals surface area contributed by atoms with Crippen molar-refractivity contribution in [1.29, 1.82) is 0 Å². The third-order valence-electron chi connectivity index (χ3n) is 3.82. The Bertz CT molecular complexity index is 196. The number of nitrogens with one attached hydrogen (secondary N) is 1. The van der Waals surface area contributed by atoms with Gasteiger partial charge < -0.3 is 5.32 Å². The van der Waals surface area contributed by atoms with E-state index in [1.54, 1.807) is 0 Å². The van der Waals surface area contributed by atoms with Crippen LogP contribution in [-0.4, -0.2) is 13.1 Å². The van der Waals surface area contributed by atoms with Gasteiger partial charge in [-0.05, 0) is 31.7 Å². The molecule has 1 fully saturated rings. The van der Waals surface area contributed by atoms with E-state index in [2.05, 4.69) is 18.2 Å². The van der Waals surface area contributed by atoms with Crippen LogP contribution in [0.25, 0.3) is 0 Å². The van der Waals surface area contributed by atoms with Gasteiger partial charge in [-0.2, -0.15) is 0 Å². The van der Waals surface area contributed by atoms with Crippen molar-refractivity contribution in [3.05, 3.63) is 0 Å². The van der Waals surface area contributed by atoms with Crippen LogP contribution in [0.1, 0.15) is 51.9 Å². The second-order valence-corrected chi connectivity index (χ2v) is 4.86. The van der Waals surface area contributed by atoms with Gasteiger partial charge in [0.05, 0.1) is 6.04 Å². The molecule has 0 aliphatic heterocycles. The summed E-state index contributed by atoms with van der Waals surface area (Å²) < 4.78 is 0. The molecule has 86 valence electrons. The van der Waals surface area contributed by atoms with Crippen LogP contribution in [0, 0.1) is 24.2 Å². The Hall–Kier alpha value is -0.480. The Balaban J connectivity index is 2.26. The van der Waals surface area contributed by atoms with Crippen molar-refractivity contribution in [1.82, 2.24) is 5.32 Å². The molecule has 15 heavy (non-hydrogen) atoms. The van der Waals surface area contributed by atoms with Crippen molar-refractivity contribution in [3.8, 4) is 12.3 Å². The molecule has 0 aromatic heterocycles. The summed E-state index contributed by atoms with van der Waals surface area (Å²) in [5.74, 6) is 4.57. The normalized spacial score (nSPS) is 28.3. The fourth-order valence-electron chi connectivity index (χ4n) is 2.76. The van der Waals surface area contributed by atoms with E-state index in [-0.39, 0.29) is 0 Å². The number of unbranched alkanes of at least 4 members (excludes halogenated alkanes) is 1. The molecule has 0 aromatic rings. The van der Waals surface area contributed by atoms with Gasteiger partial charge in [0, 0.05) is 0 Å². The Labute approximate surface area is 95.0 Å². The maximum atomic E-state index is 5.52. The molecule has 0 bridgehead atoms. The van der Waals surface area contributed by atoms with Crippen LogP contribution < -0.4 is 5.32 Å². The first-order valence-electron chi connectivity index (χ1n) is 6.45. The zero-order valence-electron chi connectivity index (χ0n) is 10.3. The highest BCUT2D eigenvalue weighted by molar-refractivity contribution is 5.02. The Morgan fingerprint density at radius 1 is 1.33 bits per heavy atom. The monoisotopic (exact) mass is 207 g/mol. The standard InChI is InChI=1S/C14H25N/c1-4-6-7-12-8-10-13(11-9-12)14(5-2)15-3/h2,12-15H,4,6-11H2,1,3H3. The summed E-state index contributed by atoms with van der Waals surface area (Å²) in [7, 11) is 1.98. The van der Waals surface area contributed by atoms with Gasteiger partial charge in [-0.1, -0.05) is 44.9 Å². The SMILES string of the molecule is C#CC(NC)C1CCC(CCCC)CC1. The highest BCUT2D eigenvalue weighted by Gasteiger charge is 2.25. The van der Waals surface area contributed by atoms with E-state index in [1.165, 1.54) is 44.9 Å². The average Bonchev–Trinajstić information content (AvgIpc) is 2.29. The van der Waals surface area contributed by atoms with E-state index in [0.717, 1.165) is 11.8 Å². The van der Waals surface area contributed by atoms with Crippen LogP contribution in [0.2, 0.25) is 0 Å². The van der Waals surface area contributed by atoms with Gasteiger partial charge in [0.15, 0.2) is 0 Å². The van der Waals surface area contributed by atoms with Crippen molar-refractivity contribution in [3.63, 3.8) is 0 Å². The summed E-state index contributed by atoms with van der Waals surface area (Å²) in [4.78, 5) is 0. The van der Waals surface area contributed by atoms with Crippen LogP contribution >= 0.6 is 0 Å². The lowest BCUT2D eigenvalue weighted by atomic mass is 9.77. The van der Waals surface area contributed by atoms with Gasteiger partial charge in [0.1, 0.15) is 0 Å².